The molecule has 0 aromatic heterocycles. The molecular weight excluding hydrogens is 368 g/mol. The molecule has 0 aliphatic rings. The molecule has 0 aliphatic heterocycles. The van der Waals surface area contributed by atoms with Gasteiger partial charge in [0.05, 0.1) is 0 Å². The van der Waals surface area contributed by atoms with Gasteiger partial charge in [-0.1, -0.05) is 135 Å². The summed E-state index contributed by atoms with van der Waals surface area (Å²) in [5, 5.41) is 0. The number of rotatable bonds is 19. The van der Waals surface area contributed by atoms with E-state index < -0.39 is 0 Å². The number of benzene rings is 1. The molecule has 1 aromatic rings. The minimum atomic E-state index is -0.0577. The lowest BCUT2D eigenvalue weighted by atomic mass is 10.0. The van der Waals surface area contributed by atoms with Crippen molar-refractivity contribution in [2.24, 2.45) is 0 Å². The zero-order valence-corrected chi connectivity index (χ0v) is 20.2. The van der Waals surface area contributed by atoms with E-state index in [2.05, 4.69) is 45.0 Å². The topological polar surface area (TPSA) is 26.3 Å². The van der Waals surface area contributed by atoms with Gasteiger partial charge >= 0.3 is 5.97 Å². The number of ether oxygens (including phenoxy) is 1. The summed E-state index contributed by atoms with van der Waals surface area (Å²) in [6, 6.07) is 8.39. The molecule has 0 spiro atoms. The Morgan fingerprint density at radius 1 is 0.700 bits per heavy atom. The minimum Gasteiger partial charge on any atom is -0.461 e. The lowest BCUT2D eigenvalue weighted by molar-refractivity contribution is -0.145. The van der Waals surface area contributed by atoms with Crippen molar-refractivity contribution in [2.75, 3.05) is 0 Å². The first kappa shape index (κ1) is 26.7. The van der Waals surface area contributed by atoms with Gasteiger partial charge in [-0.2, -0.15) is 0 Å². The van der Waals surface area contributed by atoms with Crippen LogP contribution in [0.25, 0.3) is 0 Å². The van der Waals surface area contributed by atoms with Crippen molar-refractivity contribution in [3.05, 3.63) is 35.4 Å². The van der Waals surface area contributed by atoms with Crippen LogP contribution in [0.1, 0.15) is 141 Å². The highest BCUT2D eigenvalue weighted by Gasteiger charge is 2.04. The molecule has 0 bridgehead atoms. The van der Waals surface area contributed by atoms with E-state index in [0.717, 1.165) is 18.4 Å². The third-order valence-electron chi connectivity index (χ3n) is 6.03. The van der Waals surface area contributed by atoms with Gasteiger partial charge in [-0.05, 0) is 23.5 Å². The molecule has 0 amide bonds. The number of hydrogen-bond acceptors (Lipinski definition) is 2. The van der Waals surface area contributed by atoms with E-state index in [1.54, 1.807) is 0 Å². The first-order valence-electron chi connectivity index (χ1n) is 12.9. The average molecular weight is 417 g/mol. The monoisotopic (exact) mass is 416 g/mol. The Balaban J connectivity index is 1.86. The normalized spacial score (nSPS) is 11.2. The number of unbranched alkanes of at least 4 members (excludes halogenated alkanes) is 14. The van der Waals surface area contributed by atoms with E-state index in [4.69, 9.17) is 4.74 Å². The fraction of sp³-hybridized carbons (Fsp3) is 0.750. The van der Waals surface area contributed by atoms with E-state index >= 15 is 0 Å². The molecule has 172 valence electrons. The maximum absolute atomic E-state index is 11.9. The molecule has 1 rings (SSSR count). The fourth-order valence-corrected chi connectivity index (χ4v) is 3.88. The number of carbonyl (C=O) groups is 1. The predicted octanol–water partition coefficient (Wildman–Crippen LogP) is 9.11. The highest BCUT2D eigenvalue weighted by atomic mass is 16.5. The summed E-state index contributed by atoms with van der Waals surface area (Å²) in [6.07, 6.45) is 20.7. The summed E-state index contributed by atoms with van der Waals surface area (Å²) in [6.45, 7) is 7.05. The van der Waals surface area contributed by atoms with Gasteiger partial charge in [0.15, 0.2) is 0 Å². The van der Waals surface area contributed by atoms with Crippen molar-refractivity contribution < 1.29 is 9.53 Å². The van der Waals surface area contributed by atoms with E-state index in [0.29, 0.717) is 18.9 Å². The van der Waals surface area contributed by atoms with Crippen molar-refractivity contribution in [2.45, 2.75) is 136 Å². The third kappa shape index (κ3) is 14.6. The number of hydrogen-bond donors (Lipinski definition) is 0. The van der Waals surface area contributed by atoms with Crippen LogP contribution >= 0.6 is 0 Å². The minimum absolute atomic E-state index is 0.0577. The summed E-state index contributed by atoms with van der Waals surface area (Å²) in [7, 11) is 0. The summed E-state index contributed by atoms with van der Waals surface area (Å²) in [4.78, 5) is 11.9. The second kappa shape index (κ2) is 18.5. The highest BCUT2D eigenvalue weighted by Crippen LogP contribution is 2.16. The maximum Gasteiger partial charge on any atom is 0.306 e. The molecule has 0 unspecified atom stereocenters. The molecule has 0 fully saturated rings. The second-order valence-electron chi connectivity index (χ2n) is 9.26. The van der Waals surface area contributed by atoms with Crippen LogP contribution in [0, 0.1) is 0 Å². The smallest absolute Gasteiger partial charge is 0.306 e. The van der Waals surface area contributed by atoms with E-state index in [-0.39, 0.29) is 5.97 Å². The molecule has 0 atom stereocenters. The lowest BCUT2D eigenvalue weighted by Crippen LogP contribution is -2.04. The van der Waals surface area contributed by atoms with E-state index in [1.165, 1.54) is 89.0 Å². The lowest BCUT2D eigenvalue weighted by Gasteiger charge is -2.08. The van der Waals surface area contributed by atoms with Crippen molar-refractivity contribution in [1.82, 2.24) is 0 Å². The Labute approximate surface area is 187 Å². The van der Waals surface area contributed by atoms with Crippen molar-refractivity contribution in [3.63, 3.8) is 0 Å². The largest absolute Gasteiger partial charge is 0.461 e. The van der Waals surface area contributed by atoms with Gasteiger partial charge in [-0.3, -0.25) is 4.79 Å². The average Bonchev–Trinajstić information content (AvgIpc) is 2.75. The third-order valence-corrected chi connectivity index (χ3v) is 6.03. The van der Waals surface area contributed by atoms with Crippen LogP contribution in [0.4, 0.5) is 0 Å². The van der Waals surface area contributed by atoms with Gasteiger partial charge in [-0.25, -0.2) is 0 Å². The van der Waals surface area contributed by atoms with Gasteiger partial charge < -0.3 is 4.74 Å². The second-order valence-corrected chi connectivity index (χ2v) is 9.26. The van der Waals surface area contributed by atoms with E-state index in [1.807, 2.05) is 0 Å². The molecule has 30 heavy (non-hydrogen) atoms. The van der Waals surface area contributed by atoms with Gasteiger partial charge in [0.2, 0.25) is 0 Å². The van der Waals surface area contributed by atoms with Gasteiger partial charge in [0, 0.05) is 6.42 Å². The number of esters is 1. The van der Waals surface area contributed by atoms with Crippen LogP contribution in [-0.4, -0.2) is 5.97 Å². The Bertz CT molecular complexity index is 518. The number of carbonyl (C=O) groups excluding carboxylic acids is 1. The highest BCUT2D eigenvalue weighted by molar-refractivity contribution is 5.69. The molecule has 0 radical (unpaired) electrons. The molecule has 2 heteroatoms. The van der Waals surface area contributed by atoms with Crippen LogP contribution in [0.3, 0.4) is 0 Å². The molecule has 0 heterocycles. The molecule has 2 nitrogen and oxygen atoms in total. The predicted molar refractivity (Wildman–Crippen MR) is 130 cm³/mol. The van der Waals surface area contributed by atoms with Gasteiger partial charge in [0.1, 0.15) is 6.61 Å². The van der Waals surface area contributed by atoms with E-state index in [9.17, 15) is 4.79 Å². The molecular formula is C28H48O2. The van der Waals surface area contributed by atoms with Crippen LogP contribution in [-0.2, 0) is 16.1 Å². The summed E-state index contributed by atoms with van der Waals surface area (Å²) in [5.41, 5.74) is 2.40. The summed E-state index contributed by atoms with van der Waals surface area (Å²) in [5.74, 6) is 0.476. The molecule has 0 saturated heterocycles. The summed E-state index contributed by atoms with van der Waals surface area (Å²) >= 11 is 0. The Morgan fingerprint density at radius 3 is 1.57 bits per heavy atom. The first-order valence-corrected chi connectivity index (χ1v) is 12.9. The SMILES string of the molecule is CCCCCCCCCCCCCCCCCC(=O)OCc1ccc(C(C)C)cc1. The fourth-order valence-electron chi connectivity index (χ4n) is 3.88. The van der Waals surface area contributed by atoms with Crippen LogP contribution < -0.4 is 0 Å². The Hall–Kier alpha value is -1.31. The molecule has 0 N–H and O–H groups in total. The first-order chi connectivity index (χ1) is 14.6. The Kier molecular flexibility index (Phi) is 16.4. The van der Waals surface area contributed by atoms with Crippen LogP contribution in [0.15, 0.2) is 24.3 Å². The van der Waals surface area contributed by atoms with Gasteiger partial charge in [0.25, 0.3) is 0 Å². The van der Waals surface area contributed by atoms with Crippen molar-refractivity contribution in [3.8, 4) is 0 Å². The van der Waals surface area contributed by atoms with Crippen LogP contribution in [0.5, 0.6) is 0 Å². The zero-order valence-electron chi connectivity index (χ0n) is 20.2. The quantitative estimate of drug-likeness (QED) is 0.166. The summed E-state index contributed by atoms with van der Waals surface area (Å²) < 4.78 is 5.41. The Morgan fingerprint density at radius 2 is 1.13 bits per heavy atom. The van der Waals surface area contributed by atoms with Gasteiger partial charge in [-0.15, -0.1) is 0 Å². The zero-order chi connectivity index (χ0) is 21.9. The van der Waals surface area contributed by atoms with Crippen LogP contribution in [0.2, 0.25) is 0 Å². The standard InChI is InChI=1S/C28H48O2/c1-4-5-6-7-8-9-10-11-12-13-14-15-16-17-18-19-28(29)30-24-26-20-22-27(23-21-26)25(2)3/h20-23,25H,4-19,24H2,1-3H3. The van der Waals surface area contributed by atoms with Crippen molar-refractivity contribution in [1.29, 1.82) is 0 Å². The molecule has 1 aromatic carbocycles. The van der Waals surface area contributed by atoms with Crippen molar-refractivity contribution >= 4 is 5.97 Å². The maximum atomic E-state index is 11.9. The molecule has 0 aliphatic carbocycles. The molecule has 0 saturated carbocycles.